The molecule has 2 heteroatoms. The van der Waals surface area contributed by atoms with E-state index < -0.39 is 0 Å². The first kappa shape index (κ1) is 12.8. The summed E-state index contributed by atoms with van der Waals surface area (Å²) in [6.45, 7) is 0.958. The number of carbonyl (C=O) groups excluding carboxylic acids is 1. The van der Waals surface area contributed by atoms with Crippen molar-refractivity contribution in [3.8, 4) is 0 Å². The Bertz CT molecular complexity index is 749. The Kier molecular flexibility index (Phi) is 3.73. The van der Waals surface area contributed by atoms with Crippen LogP contribution in [-0.4, -0.2) is 6.29 Å². The van der Waals surface area contributed by atoms with Gasteiger partial charge in [0.1, 0.15) is 12.8 Å². The number of rotatable bonds is 5. The van der Waals surface area contributed by atoms with Gasteiger partial charge in [0.25, 0.3) is 0 Å². The highest BCUT2D eigenvalue weighted by Gasteiger charge is 2.11. The molecular weight excluding hydrogens is 246 g/mol. The molecule has 3 aromatic rings. The fourth-order valence-electron chi connectivity index (χ4n) is 2.74. The van der Waals surface area contributed by atoms with Gasteiger partial charge in [0.05, 0.1) is 5.39 Å². The van der Waals surface area contributed by atoms with Crippen LogP contribution in [-0.2, 0) is 11.3 Å². The second kappa shape index (κ2) is 5.83. The third kappa shape index (κ3) is 2.42. The van der Waals surface area contributed by atoms with Crippen LogP contribution < -0.4 is 4.57 Å². The molecule has 0 aliphatic heterocycles. The number of nitrogens with zero attached hydrogens (tertiary/aromatic N) is 1. The normalized spacial score (nSPS) is 11.0. The van der Waals surface area contributed by atoms with Crippen LogP contribution in [0.5, 0.6) is 0 Å². The summed E-state index contributed by atoms with van der Waals surface area (Å²) >= 11 is 0. The van der Waals surface area contributed by atoms with Crippen molar-refractivity contribution in [3.05, 3.63) is 54.7 Å². The molecule has 0 atom stereocenters. The molecule has 0 spiro atoms. The fourth-order valence-corrected chi connectivity index (χ4v) is 2.74. The van der Waals surface area contributed by atoms with Crippen molar-refractivity contribution < 1.29 is 9.36 Å². The van der Waals surface area contributed by atoms with Gasteiger partial charge in [-0.3, -0.25) is 0 Å². The van der Waals surface area contributed by atoms with E-state index in [2.05, 4.69) is 59.3 Å². The molecule has 0 amide bonds. The van der Waals surface area contributed by atoms with Crippen LogP contribution in [0, 0.1) is 0 Å². The number of fused-ring (bicyclic) bond motifs is 3. The molecule has 0 saturated carbocycles. The minimum absolute atomic E-state index is 0.659. The molecule has 0 unspecified atom stereocenters. The lowest BCUT2D eigenvalue weighted by Crippen LogP contribution is -2.34. The third-order valence-electron chi connectivity index (χ3n) is 3.73. The second-order valence-corrected chi connectivity index (χ2v) is 5.09. The van der Waals surface area contributed by atoms with Gasteiger partial charge in [-0.2, -0.15) is 4.57 Å². The van der Waals surface area contributed by atoms with E-state index in [0.29, 0.717) is 6.42 Å². The molecule has 1 heterocycles. The molecule has 0 N–H and O–H groups in total. The molecule has 0 radical (unpaired) electrons. The highest BCUT2D eigenvalue weighted by Crippen LogP contribution is 2.22. The van der Waals surface area contributed by atoms with Crippen molar-refractivity contribution in [2.75, 3.05) is 0 Å². The first-order valence-corrected chi connectivity index (χ1v) is 7.14. The second-order valence-electron chi connectivity index (χ2n) is 5.09. The van der Waals surface area contributed by atoms with Crippen molar-refractivity contribution in [2.24, 2.45) is 0 Å². The lowest BCUT2D eigenvalue weighted by molar-refractivity contribution is -0.670. The van der Waals surface area contributed by atoms with Gasteiger partial charge in [0, 0.05) is 29.7 Å². The summed E-state index contributed by atoms with van der Waals surface area (Å²) in [4.78, 5) is 10.4. The molecule has 2 nitrogen and oxygen atoms in total. The lowest BCUT2D eigenvalue weighted by atomic mass is 10.1. The van der Waals surface area contributed by atoms with Crippen molar-refractivity contribution in [1.82, 2.24) is 0 Å². The quantitative estimate of drug-likeness (QED) is 0.298. The molecule has 0 saturated heterocycles. The summed E-state index contributed by atoms with van der Waals surface area (Å²) in [5.41, 5.74) is 1.26. The molecule has 3 rings (SSSR count). The SMILES string of the molecule is O=CCCCC[n+]1cc2ccccc2c2ccccc21. The van der Waals surface area contributed by atoms with Crippen LogP contribution in [0.15, 0.2) is 54.7 Å². The van der Waals surface area contributed by atoms with Crippen LogP contribution in [0.4, 0.5) is 0 Å². The Hall–Kier alpha value is -2.22. The van der Waals surface area contributed by atoms with E-state index >= 15 is 0 Å². The molecule has 20 heavy (non-hydrogen) atoms. The molecule has 0 aliphatic rings. The zero-order valence-electron chi connectivity index (χ0n) is 11.5. The highest BCUT2D eigenvalue weighted by molar-refractivity contribution is 6.03. The Balaban J connectivity index is 2.07. The van der Waals surface area contributed by atoms with Crippen molar-refractivity contribution >= 4 is 28.0 Å². The molecule has 0 aliphatic carbocycles. The van der Waals surface area contributed by atoms with Crippen LogP contribution in [0.25, 0.3) is 21.7 Å². The lowest BCUT2D eigenvalue weighted by Gasteiger charge is -2.05. The van der Waals surface area contributed by atoms with Crippen LogP contribution >= 0.6 is 0 Å². The first-order chi connectivity index (χ1) is 9.90. The molecule has 0 fully saturated rings. The number of benzene rings is 2. The number of aromatic nitrogens is 1. The van der Waals surface area contributed by atoms with Gasteiger partial charge in [-0.25, -0.2) is 0 Å². The Morgan fingerprint density at radius 2 is 1.65 bits per heavy atom. The standard InChI is InChI=1S/C18H18NO/c20-13-7-1-6-12-19-14-15-8-2-3-9-16(15)17-10-4-5-11-18(17)19/h2-5,8-11,13-14H,1,6-7,12H2/q+1. The Labute approximate surface area is 118 Å². The molecule has 2 aromatic carbocycles. The van der Waals surface area contributed by atoms with Gasteiger partial charge in [0.15, 0.2) is 6.20 Å². The van der Waals surface area contributed by atoms with Gasteiger partial charge >= 0.3 is 0 Å². The fraction of sp³-hybridized carbons (Fsp3) is 0.222. The van der Waals surface area contributed by atoms with Gasteiger partial charge in [-0.1, -0.05) is 30.3 Å². The van der Waals surface area contributed by atoms with E-state index in [1.807, 2.05) is 0 Å². The number of hydrogen-bond acceptors (Lipinski definition) is 1. The highest BCUT2D eigenvalue weighted by atomic mass is 16.1. The predicted molar refractivity (Wildman–Crippen MR) is 81.6 cm³/mol. The van der Waals surface area contributed by atoms with Gasteiger partial charge in [-0.05, 0) is 18.6 Å². The number of unbranched alkanes of at least 4 members (excludes halogenated alkanes) is 2. The maximum atomic E-state index is 10.4. The number of carbonyl (C=O) groups is 1. The number of hydrogen-bond donors (Lipinski definition) is 0. The number of pyridine rings is 1. The van der Waals surface area contributed by atoms with Gasteiger partial charge < -0.3 is 4.79 Å². The Morgan fingerprint density at radius 3 is 2.50 bits per heavy atom. The minimum atomic E-state index is 0.659. The number of aldehydes is 1. The molecule has 0 bridgehead atoms. The van der Waals surface area contributed by atoms with Gasteiger partial charge in [0.2, 0.25) is 5.52 Å². The van der Waals surface area contributed by atoms with Crippen molar-refractivity contribution in [3.63, 3.8) is 0 Å². The third-order valence-corrected chi connectivity index (χ3v) is 3.73. The zero-order valence-corrected chi connectivity index (χ0v) is 11.5. The first-order valence-electron chi connectivity index (χ1n) is 7.14. The van der Waals surface area contributed by atoms with Crippen LogP contribution in [0.3, 0.4) is 0 Å². The van der Waals surface area contributed by atoms with Crippen LogP contribution in [0.1, 0.15) is 19.3 Å². The Morgan fingerprint density at radius 1 is 0.900 bits per heavy atom. The topological polar surface area (TPSA) is 20.9 Å². The monoisotopic (exact) mass is 264 g/mol. The summed E-state index contributed by atoms with van der Waals surface area (Å²) in [6.07, 6.45) is 5.87. The van der Waals surface area contributed by atoms with E-state index in [9.17, 15) is 4.79 Å². The largest absolute Gasteiger partial charge is 0.303 e. The number of aryl methyl sites for hydroxylation is 1. The van der Waals surface area contributed by atoms with E-state index in [1.165, 1.54) is 21.7 Å². The summed E-state index contributed by atoms with van der Waals surface area (Å²) in [6, 6.07) is 17.0. The zero-order chi connectivity index (χ0) is 13.8. The van der Waals surface area contributed by atoms with E-state index in [-0.39, 0.29) is 0 Å². The average Bonchev–Trinajstić information content (AvgIpc) is 2.51. The van der Waals surface area contributed by atoms with Crippen molar-refractivity contribution in [2.45, 2.75) is 25.8 Å². The minimum Gasteiger partial charge on any atom is -0.303 e. The van der Waals surface area contributed by atoms with E-state index in [0.717, 1.165) is 25.7 Å². The smallest absolute Gasteiger partial charge is 0.213 e. The summed E-state index contributed by atoms with van der Waals surface area (Å²) in [7, 11) is 0. The van der Waals surface area contributed by atoms with Crippen molar-refractivity contribution in [1.29, 1.82) is 0 Å². The molecule has 1 aromatic heterocycles. The molecular formula is C18H18NO+. The predicted octanol–water partition coefficient (Wildman–Crippen LogP) is 3.65. The van der Waals surface area contributed by atoms with Gasteiger partial charge in [-0.15, -0.1) is 0 Å². The van der Waals surface area contributed by atoms with E-state index in [1.54, 1.807) is 0 Å². The number of para-hydroxylation sites is 1. The molecule has 100 valence electrons. The maximum Gasteiger partial charge on any atom is 0.213 e. The van der Waals surface area contributed by atoms with Crippen LogP contribution in [0.2, 0.25) is 0 Å². The summed E-state index contributed by atoms with van der Waals surface area (Å²) in [5.74, 6) is 0. The maximum absolute atomic E-state index is 10.4. The van der Waals surface area contributed by atoms with E-state index in [4.69, 9.17) is 0 Å². The average molecular weight is 264 g/mol. The summed E-state index contributed by atoms with van der Waals surface area (Å²) < 4.78 is 2.31. The summed E-state index contributed by atoms with van der Waals surface area (Å²) in [5, 5.41) is 3.86.